The number of carbonyl (C=O) groups excluding carboxylic acids is 1. The van der Waals surface area contributed by atoms with Gasteiger partial charge in [-0.05, 0) is 38.3 Å². The van der Waals surface area contributed by atoms with Crippen molar-refractivity contribution in [3.8, 4) is 0 Å². The highest BCUT2D eigenvalue weighted by molar-refractivity contribution is 5.91. The van der Waals surface area contributed by atoms with Gasteiger partial charge >= 0.3 is 5.97 Å². The second kappa shape index (κ2) is 5.20. The molecule has 2 atom stereocenters. The molecule has 2 rings (SSSR count). The molecule has 5 nitrogen and oxygen atoms in total. The summed E-state index contributed by atoms with van der Waals surface area (Å²) in [4.78, 5) is 25.7. The standard InChI is InChI=1S/C16H23NO4/c1-9(2)17(8-11-7-6-10(3)21-11)14(18)12-13(15(19)20)16(12,4)5/h6-7,9,12-13H,8H2,1-5H3,(H,19,20). The third-order valence-electron chi connectivity index (χ3n) is 4.39. The zero-order valence-corrected chi connectivity index (χ0v) is 13.2. The average Bonchev–Trinajstić information content (AvgIpc) is 2.71. The number of rotatable bonds is 5. The van der Waals surface area contributed by atoms with Gasteiger partial charge in [0.2, 0.25) is 5.91 Å². The maximum absolute atomic E-state index is 12.7. The van der Waals surface area contributed by atoms with E-state index in [1.807, 2.05) is 46.8 Å². The molecule has 1 N–H and O–H groups in total. The number of aryl methyl sites for hydroxylation is 1. The summed E-state index contributed by atoms with van der Waals surface area (Å²) in [6.07, 6.45) is 0. The molecule has 1 aromatic rings. The number of furan rings is 1. The highest BCUT2D eigenvalue weighted by atomic mass is 16.4. The van der Waals surface area contributed by atoms with Crippen LogP contribution in [0.4, 0.5) is 0 Å². The maximum atomic E-state index is 12.7. The summed E-state index contributed by atoms with van der Waals surface area (Å²) >= 11 is 0. The lowest BCUT2D eigenvalue weighted by atomic mass is 10.1. The number of aliphatic carboxylic acids is 1. The minimum absolute atomic E-state index is 0.00579. The first-order chi connectivity index (χ1) is 9.66. The lowest BCUT2D eigenvalue weighted by Crippen LogP contribution is -2.38. The SMILES string of the molecule is Cc1ccc(CN(C(=O)C2C(C(=O)O)C2(C)C)C(C)C)o1. The summed E-state index contributed by atoms with van der Waals surface area (Å²) in [5.74, 6) is -0.512. The van der Waals surface area contributed by atoms with Crippen LogP contribution in [-0.4, -0.2) is 27.9 Å². The fourth-order valence-corrected chi connectivity index (χ4v) is 2.99. The number of carboxylic acid groups (broad SMARTS) is 1. The molecule has 0 aromatic carbocycles. The van der Waals surface area contributed by atoms with E-state index in [9.17, 15) is 14.7 Å². The maximum Gasteiger partial charge on any atom is 0.307 e. The first kappa shape index (κ1) is 15.6. The van der Waals surface area contributed by atoms with Crippen molar-refractivity contribution >= 4 is 11.9 Å². The van der Waals surface area contributed by atoms with Crippen LogP contribution in [0.5, 0.6) is 0 Å². The second-order valence-corrected chi connectivity index (χ2v) is 6.69. The molecule has 1 heterocycles. The van der Waals surface area contributed by atoms with Gasteiger partial charge in [0.1, 0.15) is 11.5 Å². The molecule has 1 aliphatic carbocycles. The number of hydrogen-bond acceptors (Lipinski definition) is 3. The van der Waals surface area contributed by atoms with Gasteiger partial charge in [0.25, 0.3) is 0 Å². The summed E-state index contributed by atoms with van der Waals surface area (Å²) in [7, 11) is 0. The first-order valence-electron chi connectivity index (χ1n) is 7.25. The van der Waals surface area contributed by atoms with Crippen molar-refractivity contribution in [3.63, 3.8) is 0 Å². The summed E-state index contributed by atoms with van der Waals surface area (Å²) in [5, 5.41) is 9.23. The molecular weight excluding hydrogens is 270 g/mol. The molecule has 1 amide bonds. The van der Waals surface area contributed by atoms with E-state index in [-0.39, 0.29) is 11.9 Å². The van der Waals surface area contributed by atoms with Gasteiger partial charge in [-0.15, -0.1) is 0 Å². The van der Waals surface area contributed by atoms with Crippen LogP contribution in [0.3, 0.4) is 0 Å². The fraction of sp³-hybridized carbons (Fsp3) is 0.625. The van der Waals surface area contributed by atoms with Gasteiger partial charge in [0, 0.05) is 6.04 Å². The molecule has 21 heavy (non-hydrogen) atoms. The third kappa shape index (κ3) is 2.82. The van der Waals surface area contributed by atoms with E-state index >= 15 is 0 Å². The van der Waals surface area contributed by atoms with Crippen LogP contribution in [-0.2, 0) is 16.1 Å². The predicted molar refractivity (Wildman–Crippen MR) is 77.5 cm³/mol. The Balaban J connectivity index is 2.16. The van der Waals surface area contributed by atoms with E-state index in [4.69, 9.17) is 4.42 Å². The first-order valence-corrected chi connectivity index (χ1v) is 7.25. The third-order valence-corrected chi connectivity index (χ3v) is 4.39. The predicted octanol–water partition coefficient (Wildman–Crippen LogP) is 2.68. The van der Waals surface area contributed by atoms with Crippen LogP contribution in [0.2, 0.25) is 0 Å². The van der Waals surface area contributed by atoms with Gasteiger partial charge in [-0.25, -0.2) is 0 Å². The summed E-state index contributed by atoms with van der Waals surface area (Å²) in [6.45, 7) is 9.77. The smallest absolute Gasteiger partial charge is 0.307 e. The van der Waals surface area contributed by atoms with Crippen molar-refractivity contribution in [2.24, 2.45) is 17.3 Å². The molecule has 0 radical (unpaired) electrons. The van der Waals surface area contributed by atoms with Gasteiger partial charge in [0.15, 0.2) is 0 Å². The van der Waals surface area contributed by atoms with E-state index < -0.39 is 23.2 Å². The largest absolute Gasteiger partial charge is 0.481 e. The Morgan fingerprint density at radius 3 is 2.33 bits per heavy atom. The van der Waals surface area contributed by atoms with Gasteiger partial charge in [-0.3, -0.25) is 9.59 Å². The number of carboxylic acids is 1. The molecular formula is C16H23NO4. The number of nitrogens with zero attached hydrogens (tertiary/aromatic N) is 1. The molecule has 116 valence electrons. The van der Waals surface area contributed by atoms with Crippen LogP contribution in [0.15, 0.2) is 16.5 Å². The Bertz CT molecular complexity index is 558. The van der Waals surface area contributed by atoms with Crippen molar-refractivity contribution in [1.29, 1.82) is 0 Å². The summed E-state index contributed by atoms with van der Waals surface area (Å²) in [5.41, 5.74) is -0.477. The molecule has 1 aliphatic rings. The molecule has 0 saturated heterocycles. The normalized spacial score (nSPS) is 23.1. The molecule has 5 heteroatoms. The van der Waals surface area contributed by atoms with E-state index in [0.717, 1.165) is 11.5 Å². The minimum Gasteiger partial charge on any atom is -0.481 e. The van der Waals surface area contributed by atoms with Crippen molar-refractivity contribution in [3.05, 3.63) is 23.7 Å². The zero-order valence-electron chi connectivity index (χ0n) is 13.2. The van der Waals surface area contributed by atoms with Crippen molar-refractivity contribution in [2.45, 2.75) is 47.2 Å². The lowest BCUT2D eigenvalue weighted by Gasteiger charge is -2.26. The van der Waals surface area contributed by atoms with Crippen LogP contribution in [0.25, 0.3) is 0 Å². The molecule has 0 aliphatic heterocycles. The Hall–Kier alpha value is -1.78. The topological polar surface area (TPSA) is 70.8 Å². The highest BCUT2D eigenvalue weighted by Gasteiger charge is 2.66. The highest BCUT2D eigenvalue weighted by Crippen LogP contribution is 2.59. The van der Waals surface area contributed by atoms with Gasteiger partial charge in [0.05, 0.1) is 18.4 Å². The quantitative estimate of drug-likeness (QED) is 0.906. The Morgan fingerprint density at radius 1 is 1.33 bits per heavy atom. The van der Waals surface area contributed by atoms with Gasteiger partial charge in [-0.1, -0.05) is 13.8 Å². The van der Waals surface area contributed by atoms with E-state index in [2.05, 4.69) is 0 Å². The average molecular weight is 293 g/mol. The molecule has 0 bridgehead atoms. The van der Waals surface area contributed by atoms with E-state index in [0.29, 0.717) is 6.54 Å². The Morgan fingerprint density at radius 2 is 1.95 bits per heavy atom. The van der Waals surface area contributed by atoms with Gasteiger partial charge in [-0.2, -0.15) is 0 Å². The van der Waals surface area contributed by atoms with Crippen LogP contribution in [0, 0.1) is 24.2 Å². The molecule has 1 aromatic heterocycles. The Labute approximate surface area is 124 Å². The number of carbonyl (C=O) groups is 2. The number of amides is 1. The molecule has 0 spiro atoms. The van der Waals surface area contributed by atoms with E-state index in [1.54, 1.807) is 4.90 Å². The number of hydrogen-bond donors (Lipinski definition) is 1. The second-order valence-electron chi connectivity index (χ2n) is 6.69. The van der Waals surface area contributed by atoms with E-state index in [1.165, 1.54) is 0 Å². The van der Waals surface area contributed by atoms with Crippen molar-refractivity contribution in [1.82, 2.24) is 4.90 Å². The minimum atomic E-state index is -0.893. The van der Waals surface area contributed by atoms with Gasteiger partial charge < -0.3 is 14.4 Å². The molecule has 2 unspecified atom stereocenters. The fourth-order valence-electron chi connectivity index (χ4n) is 2.99. The van der Waals surface area contributed by atoms with Crippen molar-refractivity contribution in [2.75, 3.05) is 0 Å². The summed E-state index contributed by atoms with van der Waals surface area (Å²) < 4.78 is 5.53. The summed E-state index contributed by atoms with van der Waals surface area (Å²) in [6, 6.07) is 3.71. The zero-order chi connectivity index (χ0) is 15.9. The van der Waals surface area contributed by atoms with Crippen LogP contribution >= 0.6 is 0 Å². The van der Waals surface area contributed by atoms with Crippen LogP contribution in [0.1, 0.15) is 39.2 Å². The van der Waals surface area contributed by atoms with Crippen molar-refractivity contribution < 1.29 is 19.1 Å². The molecule has 1 fully saturated rings. The molecule has 1 saturated carbocycles. The van der Waals surface area contributed by atoms with Crippen LogP contribution < -0.4 is 0 Å². The Kier molecular flexibility index (Phi) is 3.87. The monoisotopic (exact) mass is 293 g/mol. The lowest BCUT2D eigenvalue weighted by molar-refractivity contribution is -0.142.